The van der Waals surface area contributed by atoms with Gasteiger partial charge in [0.05, 0.1) is 0 Å². The zero-order valence-electron chi connectivity index (χ0n) is 9.69. The van der Waals surface area contributed by atoms with E-state index in [4.69, 9.17) is 0 Å². The van der Waals surface area contributed by atoms with Crippen molar-refractivity contribution >= 4 is 16.7 Å². The predicted octanol–water partition coefficient (Wildman–Crippen LogP) is 3.42. The van der Waals surface area contributed by atoms with E-state index in [1.807, 2.05) is 30.3 Å². The molecule has 1 aromatic carbocycles. The lowest BCUT2D eigenvalue weighted by atomic mass is 10.1. The number of rotatable bonds is 2. The summed E-state index contributed by atoms with van der Waals surface area (Å²) in [7, 11) is 0. The summed E-state index contributed by atoms with van der Waals surface area (Å²) in [6.07, 6.45) is 0. The second-order valence-electron chi connectivity index (χ2n) is 4.66. The van der Waals surface area contributed by atoms with Gasteiger partial charge in [0.25, 0.3) is 0 Å². The molecule has 84 valence electrons. The topological polar surface area (TPSA) is 37.8 Å². The van der Waals surface area contributed by atoms with E-state index < -0.39 is 0 Å². The SMILES string of the molecule is CC(C)(C)Nc1nc(-c2ccccc2)ns1. The van der Waals surface area contributed by atoms with Crippen molar-refractivity contribution in [1.82, 2.24) is 9.36 Å². The van der Waals surface area contributed by atoms with Crippen LogP contribution in [-0.2, 0) is 0 Å². The van der Waals surface area contributed by atoms with Gasteiger partial charge in [0.1, 0.15) is 0 Å². The van der Waals surface area contributed by atoms with Gasteiger partial charge in [-0.3, -0.25) is 0 Å². The van der Waals surface area contributed by atoms with Gasteiger partial charge < -0.3 is 5.32 Å². The number of nitrogens with one attached hydrogen (secondary N) is 1. The van der Waals surface area contributed by atoms with Gasteiger partial charge in [0.2, 0.25) is 5.13 Å². The Kier molecular flexibility index (Phi) is 2.92. The molecule has 0 fully saturated rings. The molecule has 0 amide bonds. The van der Waals surface area contributed by atoms with Crippen LogP contribution in [0.2, 0.25) is 0 Å². The van der Waals surface area contributed by atoms with Gasteiger partial charge in [-0.1, -0.05) is 30.3 Å². The second kappa shape index (κ2) is 4.22. The summed E-state index contributed by atoms with van der Waals surface area (Å²) >= 11 is 1.40. The standard InChI is InChI=1S/C12H15N3S/c1-12(2,3)14-11-13-10(15-16-11)9-7-5-4-6-8-9/h4-8H,1-3H3,(H,13,14,15). The average Bonchev–Trinajstić information content (AvgIpc) is 2.65. The molecule has 0 atom stereocenters. The molecule has 1 heterocycles. The third-order valence-electron chi connectivity index (χ3n) is 1.94. The lowest BCUT2D eigenvalue weighted by Crippen LogP contribution is -2.25. The zero-order chi connectivity index (χ0) is 11.6. The molecule has 0 saturated carbocycles. The summed E-state index contributed by atoms with van der Waals surface area (Å²) in [4.78, 5) is 4.46. The molecule has 0 spiro atoms. The molecule has 0 aliphatic carbocycles. The van der Waals surface area contributed by atoms with Crippen LogP contribution in [0.1, 0.15) is 20.8 Å². The highest BCUT2D eigenvalue weighted by Gasteiger charge is 2.13. The summed E-state index contributed by atoms with van der Waals surface area (Å²) in [5, 5.41) is 4.18. The molecule has 4 heteroatoms. The van der Waals surface area contributed by atoms with Crippen LogP contribution >= 0.6 is 11.5 Å². The molecule has 0 unspecified atom stereocenters. The van der Waals surface area contributed by atoms with E-state index in [2.05, 4.69) is 35.4 Å². The molecule has 16 heavy (non-hydrogen) atoms. The summed E-state index contributed by atoms with van der Waals surface area (Å²) in [5.41, 5.74) is 1.08. The van der Waals surface area contributed by atoms with E-state index in [0.717, 1.165) is 16.5 Å². The van der Waals surface area contributed by atoms with Crippen LogP contribution in [0.25, 0.3) is 11.4 Å². The van der Waals surface area contributed by atoms with E-state index in [-0.39, 0.29) is 5.54 Å². The van der Waals surface area contributed by atoms with E-state index in [0.29, 0.717) is 0 Å². The van der Waals surface area contributed by atoms with Crippen LogP contribution < -0.4 is 5.32 Å². The molecular weight excluding hydrogens is 218 g/mol. The van der Waals surface area contributed by atoms with Gasteiger partial charge >= 0.3 is 0 Å². The maximum absolute atomic E-state index is 4.46. The quantitative estimate of drug-likeness (QED) is 0.863. The number of nitrogens with zero attached hydrogens (tertiary/aromatic N) is 2. The van der Waals surface area contributed by atoms with Gasteiger partial charge in [-0.2, -0.15) is 9.36 Å². The number of anilines is 1. The van der Waals surface area contributed by atoms with Crippen LogP contribution in [0.5, 0.6) is 0 Å². The summed E-state index contributed by atoms with van der Waals surface area (Å²) < 4.78 is 4.34. The highest BCUT2D eigenvalue weighted by atomic mass is 32.1. The van der Waals surface area contributed by atoms with Crippen LogP contribution in [-0.4, -0.2) is 14.9 Å². The first kappa shape index (κ1) is 11.1. The van der Waals surface area contributed by atoms with Crippen molar-refractivity contribution in [2.45, 2.75) is 26.3 Å². The third kappa shape index (κ3) is 2.79. The lowest BCUT2D eigenvalue weighted by Gasteiger charge is -2.18. The van der Waals surface area contributed by atoms with Crippen molar-refractivity contribution in [2.75, 3.05) is 5.32 Å². The fourth-order valence-corrected chi connectivity index (χ4v) is 2.10. The molecule has 2 rings (SSSR count). The molecule has 0 saturated heterocycles. The monoisotopic (exact) mass is 233 g/mol. The van der Waals surface area contributed by atoms with Crippen molar-refractivity contribution in [3.63, 3.8) is 0 Å². The van der Waals surface area contributed by atoms with Crippen LogP contribution in [0, 0.1) is 0 Å². The minimum atomic E-state index is 0.0213. The first-order chi connectivity index (χ1) is 7.54. The largest absolute Gasteiger partial charge is 0.356 e. The maximum Gasteiger partial charge on any atom is 0.203 e. The fraction of sp³-hybridized carbons (Fsp3) is 0.333. The average molecular weight is 233 g/mol. The Morgan fingerprint density at radius 3 is 2.44 bits per heavy atom. The Labute approximate surface area is 99.7 Å². The lowest BCUT2D eigenvalue weighted by molar-refractivity contribution is 0.633. The Morgan fingerprint density at radius 2 is 1.81 bits per heavy atom. The van der Waals surface area contributed by atoms with Crippen molar-refractivity contribution < 1.29 is 0 Å². The Balaban J connectivity index is 2.21. The maximum atomic E-state index is 4.46. The summed E-state index contributed by atoms with van der Waals surface area (Å²) in [6, 6.07) is 10.0. The van der Waals surface area contributed by atoms with E-state index in [1.165, 1.54) is 11.5 Å². The summed E-state index contributed by atoms with van der Waals surface area (Å²) in [6.45, 7) is 6.32. The van der Waals surface area contributed by atoms with Gasteiger partial charge in [0.15, 0.2) is 5.82 Å². The zero-order valence-corrected chi connectivity index (χ0v) is 10.5. The highest BCUT2D eigenvalue weighted by Crippen LogP contribution is 2.22. The predicted molar refractivity (Wildman–Crippen MR) is 68.7 cm³/mol. The normalized spacial score (nSPS) is 11.4. The van der Waals surface area contributed by atoms with E-state index >= 15 is 0 Å². The van der Waals surface area contributed by atoms with Gasteiger partial charge in [-0.05, 0) is 20.8 Å². The number of aromatic nitrogens is 2. The number of benzene rings is 1. The van der Waals surface area contributed by atoms with Crippen LogP contribution in [0.4, 0.5) is 5.13 Å². The molecule has 0 aliphatic heterocycles. The Bertz CT molecular complexity index is 457. The van der Waals surface area contributed by atoms with Crippen molar-refractivity contribution in [2.24, 2.45) is 0 Å². The minimum absolute atomic E-state index is 0.0213. The third-order valence-corrected chi connectivity index (χ3v) is 2.57. The molecule has 0 bridgehead atoms. The molecule has 1 aromatic heterocycles. The number of hydrogen-bond donors (Lipinski definition) is 1. The van der Waals surface area contributed by atoms with E-state index in [1.54, 1.807) is 0 Å². The fourth-order valence-electron chi connectivity index (χ4n) is 1.30. The van der Waals surface area contributed by atoms with Gasteiger partial charge in [-0.25, -0.2) is 0 Å². The first-order valence-corrected chi connectivity index (χ1v) is 5.99. The van der Waals surface area contributed by atoms with Crippen molar-refractivity contribution in [3.8, 4) is 11.4 Å². The van der Waals surface area contributed by atoms with Crippen molar-refractivity contribution in [3.05, 3.63) is 30.3 Å². The molecule has 3 nitrogen and oxygen atoms in total. The van der Waals surface area contributed by atoms with Crippen molar-refractivity contribution in [1.29, 1.82) is 0 Å². The Morgan fingerprint density at radius 1 is 1.12 bits per heavy atom. The van der Waals surface area contributed by atoms with Crippen LogP contribution in [0.3, 0.4) is 0 Å². The first-order valence-electron chi connectivity index (χ1n) is 5.22. The molecule has 0 aliphatic rings. The van der Waals surface area contributed by atoms with Gasteiger partial charge in [0, 0.05) is 22.6 Å². The van der Waals surface area contributed by atoms with Gasteiger partial charge in [-0.15, -0.1) is 0 Å². The van der Waals surface area contributed by atoms with E-state index in [9.17, 15) is 0 Å². The molecular formula is C12H15N3S. The second-order valence-corrected chi connectivity index (χ2v) is 5.42. The summed E-state index contributed by atoms with van der Waals surface area (Å²) in [5.74, 6) is 0.789. The molecule has 0 radical (unpaired) electrons. The smallest absolute Gasteiger partial charge is 0.203 e. The number of hydrogen-bond acceptors (Lipinski definition) is 4. The molecule has 2 aromatic rings. The highest BCUT2D eigenvalue weighted by molar-refractivity contribution is 7.09. The minimum Gasteiger partial charge on any atom is -0.356 e. The van der Waals surface area contributed by atoms with Crippen LogP contribution in [0.15, 0.2) is 30.3 Å². The molecule has 1 N–H and O–H groups in total. The Hall–Kier alpha value is -1.42.